The van der Waals surface area contributed by atoms with E-state index >= 15 is 0 Å². The lowest BCUT2D eigenvalue weighted by Crippen LogP contribution is -2.13. The highest BCUT2D eigenvalue weighted by Crippen LogP contribution is 2.31. The smallest absolute Gasteiger partial charge is 0.227 e. The average Bonchev–Trinajstić information content (AvgIpc) is 2.39. The fourth-order valence-electron chi connectivity index (χ4n) is 1.70. The number of hydrogen-bond acceptors (Lipinski definition) is 3. The molecule has 21 heavy (non-hydrogen) atoms. The van der Waals surface area contributed by atoms with Crippen molar-refractivity contribution in [2.24, 2.45) is 5.73 Å². The van der Waals surface area contributed by atoms with Crippen molar-refractivity contribution in [3.8, 4) is 11.5 Å². The first-order chi connectivity index (χ1) is 10.0. The van der Waals surface area contributed by atoms with Crippen molar-refractivity contribution in [3.05, 3.63) is 58.1 Å². The molecule has 0 atom stereocenters. The van der Waals surface area contributed by atoms with Gasteiger partial charge in [0.1, 0.15) is 11.5 Å². The van der Waals surface area contributed by atoms with Crippen LogP contribution in [-0.2, 0) is 10.5 Å². The number of carbonyl (C=O) groups excluding carboxylic acids is 1. The summed E-state index contributed by atoms with van der Waals surface area (Å²) >= 11 is 13.3. The van der Waals surface area contributed by atoms with Crippen molar-refractivity contribution in [1.29, 1.82) is 0 Å². The van der Waals surface area contributed by atoms with E-state index < -0.39 is 0 Å². The van der Waals surface area contributed by atoms with E-state index in [4.69, 9.17) is 33.7 Å². The van der Waals surface area contributed by atoms with Crippen LogP contribution >= 0.6 is 35.0 Å². The van der Waals surface area contributed by atoms with Gasteiger partial charge in [-0.15, -0.1) is 11.8 Å². The first kappa shape index (κ1) is 16.0. The molecule has 0 unspecified atom stereocenters. The van der Waals surface area contributed by atoms with Crippen molar-refractivity contribution >= 4 is 40.9 Å². The molecule has 0 saturated heterocycles. The molecule has 0 heterocycles. The third-order valence-electron chi connectivity index (χ3n) is 2.54. The molecule has 2 aromatic carbocycles. The Kier molecular flexibility index (Phi) is 5.79. The minimum absolute atomic E-state index is 0.275. The first-order valence-electron chi connectivity index (χ1n) is 6.12. The van der Waals surface area contributed by atoms with Crippen molar-refractivity contribution in [2.45, 2.75) is 5.75 Å². The normalized spacial score (nSPS) is 10.4. The summed E-state index contributed by atoms with van der Waals surface area (Å²) in [6, 6.07) is 12.6. The molecule has 3 nitrogen and oxygen atoms in total. The van der Waals surface area contributed by atoms with E-state index in [1.807, 2.05) is 24.3 Å². The number of rotatable bonds is 6. The Morgan fingerprint density at radius 2 is 1.81 bits per heavy atom. The number of primary amides is 1. The number of carbonyl (C=O) groups is 1. The predicted molar refractivity (Wildman–Crippen MR) is 88.3 cm³/mol. The maximum absolute atomic E-state index is 10.8. The highest BCUT2D eigenvalue weighted by molar-refractivity contribution is 7.99. The van der Waals surface area contributed by atoms with Crippen LogP contribution < -0.4 is 10.5 Å². The van der Waals surface area contributed by atoms with Crippen LogP contribution in [0.3, 0.4) is 0 Å². The number of hydrogen-bond donors (Lipinski definition) is 1. The molecular formula is C15H13Cl2NO2S. The van der Waals surface area contributed by atoms with Gasteiger partial charge in [-0.1, -0.05) is 41.4 Å². The second kappa shape index (κ2) is 7.59. The quantitative estimate of drug-likeness (QED) is 0.841. The SMILES string of the molecule is NC(=O)CSCc1ccccc1Oc1cc(Cl)cc(Cl)c1. The topological polar surface area (TPSA) is 52.3 Å². The number of nitrogens with two attached hydrogens (primary N) is 1. The highest BCUT2D eigenvalue weighted by atomic mass is 35.5. The highest BCUT2D eigenvalue weighted by Gasteiger charge is 2.07. The molecule has 0 bridgehead atoms. The number of thioether (sulfide) groups is 1. The van der Waals surface area contributed by atoms with Gasteiger partial charge in [0.2, 0.25) is 5.91 Å². The second-order valence-electron chi connectivity index (χ2n) is 4.27. The first-order valence-corrected chi connectivity index (χ1v) is 8.03. The van der Waals surface area contributed by atoms with Crippen LogP contribution in [0.25, 0.3) is 0 Å². The number of halogens is 2. The van der Waals surface area contributed by atoms with Crippen molar-refractivity contribution in [2.75, 3.05) is 5.75 Å². The fraction of sp³-hybridized carbons (Fsp3) is 0.133. The molecular weight excluding hydrogens is 329 g/mol. The van der Waals surface area contributed by atoms with Gasteiger partial charge in [-0.2, -0.15) is 0 Å². The molecule has 6 heteroatoms. The molecule has 0 aliphatic rings. The van der Waals surface area contributed by atoms with Crippen LogP contribution in [0.5, 0.6) is 11.5 Å². The van der Waals surface area contributed by atoms with E-state index in [1.165, 1.54) is 11.8 Å². The molecule has 0 spiro atoms. The van der Waals surface area contributed by atoms with Gasteiger partial charge in [0.15, 0.2) is 0 Å². The Balaban J connectivity index is 2.13. The molecule has 0 aromatic heterocycles. The monoisotopic (exact) mass is 341 g/mol. The third kappa shape index (κ3) is 5.16. The number of benzene rings is 2. The zero-order valence-corrected chi connectivity index (χ0v) is 13.3. The van der Waals surface area contributed by atoms with Gasteiger partial charge in [-0.05, 0) is 24.3 Å². The Morgan fingerprint density at radius 3 is 2.48 bits per heavy atom. The maximum Gasteiger partial charge on any atom is 0.227 e. The van der Waals surface area contributed by atoms with E-state index in [1.54, 1.807) is 18.2 Å². The third-order valence-corrected chi connectivity index (χ3v) is 3.98. The van der Waals surface area contributed by atoms with E-state index in [2.05, 4.69) is 0 Å². The predicted octanol–water partition coefficient (Wildman–Crippen LogP) is 4.50. The molecule has 2 N–H and O–H groups in total. The van der Waals surface area contributed by atoms with Crippen LogP contribution in [0, 0.1) is 0 Å². The summed E-state index contributed by atoms with van der Waals surface area (Å²) in [5.74, 6) is 1.85. The summed E-state index contributed by atoms with van der Waals surface area (Å²) in [6.45, 7) is 0. The van der Waals surface area contributed by atoms with Crippen LogP contribution in [0.4, 0.5) is 0 Å². The molecule has 1 amide bonds. The van der Waals surface area contributed by atoms with Gasteiger partial charge in [-0.25, -0.2) is 0 Å². The van der Waals surface area contributed by atoms with Crippen molar-refractivity contribution in [1.82, 2.24) is 0 Å². The van der Waals surface area contributed by atoms with Crippen molar-refractivity contribution < 1.29 is 9.53 Å². The number of para-hydroxylation sites is 1. The molecule has 2 aromatic rings. The van der Waals surface area contributed by atoms with Crippen LogP contribution in [-0.4, -0.2) is 11.7 Å². The van der Waals surface area contributed by atoms with Gasteiger partial charge in [0, 0.05) is 21.4 Å². The van der Waals surface area contributed by atoms with E-state index in [0.29, 0.717) is 27.3 Å². The Bertz CT molecular complexity index is 629. The Hall–Kier alpha value is -1.36. The Labute approximate surface area is 137 Å². The number of ether oxygens (including phenoxy) is 1. The summed E-state index contributed by atoms with van der Waals surface area (Å²) in [5, 5.41) is 1.02. The van der Waals surface area contributed by atoms with Crippen molar-refractivity contribution in [3.63, 3.8) is 0 Å². The molecule has 2 rings (SSSR count). The van der Waals surface area contributed by atoms with Gasteiger partial charge < -0.3 is 10.5 Å². The van der Waals surface area contributed by atoms with E-state index in [9.17, 15) is 4.79 Å². The minimum atomic E-state index is -0.333. The lowest BCUT2D eigenvalue weighted by Gasteiger charge is -2.11. The van der Waals surface area contributed by atoms with Crippen LogP contribution in [0.2, 0.25) is 10.0 Å². The maximum atomic E-state index is 10.8. The molecule has 0 fully saturated rings. The summed E-state index contributed by atoms with van der Waals surface area (Å²) in [6.07, 6.45) is 0. The fourth-order valence-corrected chi connectivity index (χ4v) is 2.97. The summed E-state index contributed by atoms with van der Waals surface area (Å²) in [7, 11) is 0. The lowest BCUT2D eigenvalue weighted by atomic mass is 10.2. The summed E-state index contributed by atoms with van der Waals surface area (Å²) in [4.78, 5) is 10.8. The number of amides is 1. The largest absolute Gasteiger partial charge is 0.457 e. The van der Waals surface area contributed by atoms with E-state index in [-0.39, 0.29) is 11.7 Å². The van der Waals surface area contributed by atoms with Gasteiger partial charge in [-0.3, -0.25) is 4.79 Å². The summed E-state index contributed by atoms with van der Waals surface area (Å²) < 4.78 is 5.83. The molecule has 0 radical (unpaired) electrons. The van der Waals surface area contributed by atoms with E-state index in [0.717, 1.165) is 5.56 Å². The van der Waals surface area contributed by atoms with Gasteiger partial charge in [0.05, 0.1) is 5.75 Å². The standard InChI is InChI=1S/C15H13Cl2NO2S/c16-11-5-12(17)7-13(6-11)20-14-4-2-1-3-10(14)8-21-9-15(18)19/h1-7H,8-9H2,(H2,18,19). The molecule has 110 valence electrons. The zero-order valence-electron chi connectivity index (χ0n) is 11.0. The molecule has 0 aliphatic heterocycles. The minimum Gasteiger partial charge on any atom is -0.457 e. The molecule has 0 aliphatic carbocycles. The summed E-state index contributed by atoms with van der Waals surface area (Å²) in [5.41, 5.74) is 6.10. The molecule has 0 saturated carbocycles. The van der Waals surface area contributed by atoms with Gasteiger partial charge >= 0.3 is 0 Å². The second-order valence-corrected chi connectivity index (χ2v) is 6.13. The zero-order chi connectivity index (χ0) is 15.2. The average molecular weight is 342 g/mol. The Morgan fingerprint density at radius 1 is 1.14 bits per heavy atom. The van der Waals surface area contributed by atoms with Crippen LogP contribution in [0.1, 0.15) is 5.56 Å². The lowest BCUT2D eigenvalue weighted by molar-refractivity contribution is -0.115. The van der Waals surface area contributed by atoms with Crippen LogP contribution in [0.15, 0.2) is 42.5 Å². The van der Waals surface area contributed by atoms with Gasteiger partial charge in [0.25, 0.3) is 0 Å².